The van der Waals surface area contributed by atoms with Crippen molar-refractivity contribution in [2.75, 3.05) is 30.3 Å². The molecule has 4 rings (SSSR count). The fourth-order valence-electron chi connectivity index (χ4n) is 3.45. The van der Waals surface area contributed by atoms with Gasteiger partial charge in [-0.3, -0.25) is 4.79 Å². The predicted octanol–water partition coefficient (Wildman–Crippen LogP) is 4.32. The van der Waals surface area contributed by atoms with E-state index in [2.05, 4.69) is 31.1 Å². The molecule has 0 aliphatic rings. The maximum Gasteiger partial charge on any atom is 0.255 e. The van der Waals surface area contributed by atoms with Gasteiger partial charge in [0.15, 0.2) is 5.82 Å². The second-order valence-corrected chi connectivity index (χ2v) is 7.42. The molecule has 8 heteroatoms. The van der Waals surface area contributed by atoms with Crippen LogP contribution in [-0.2, 0) is 0 Å². The zero-order chi connectivity index (χ0) is 23.0. The monoisotopic (exact) mass is 442 g/mol. The maximum atomic E-state index is 12.9. The lowest BCUT2D eigenvalue weighted by Gasteiger charge is -2.14. The van der Waals surface area contributed by atoms with Crippen molar-refractivity contribution in [1.29, 1.82) is 0 Å². The Bertz CT molecular complexity index is 1240. The molecule has 0 unspecified atom stereocenters. The molecule has 2 aromatic carbocycles. The summed E-state index contributed by atoms with van der Waals surface area (Å²) in [4.78, 5) is 17.2. The number of anilines is 3. The molecule has 2 heterocycles. The molecule has 168 valence electrons. The van der Waals surface area contributed by atoms with Crippen LogP contribution in [0.4, 0.5) is 17.5 Å². The van der Waals surface area contributed by atoms with Crippen molar-refractivity contribution in [2.24, 2.45) is 0 Å². The Morgan fingerprint density at radius 3 is 2.55 bits per heavy atom. The minimum atomic E-state index is -0.173. The number of carbonyl (C=O) groups excluding carboxylic acids is 1. The van der Waals surface area contributed by atoms with Gasteiger partial charge in [-0.2, -0.15) is 0 Å². The summed E-state index contributed by atoms with van der Waals surface area (Å²) in [5.41, 5.74) is 1.66. The lowest BCUT2D eigenvalue weighted by atomic mass is 10.0. The molecule has 0 aliphatic carbocycles. The summed E-state index contributed by atoms with van der Waals surface area (Å²) in [6, 6.07) is 19.1. The first-order chi connectivity index (χ1) is 16.1. The van der Waals surface area contributed by atoms with E-state index in [0.717, 1.165) is 16.3 Å². The van der Waals surface area contributed by atoms with Crippen LogP contribution in [0.3, 0.4) is 0 Å². The minimum Gasteiger partial charge on any atom is -0.493 e. The van der Waals surface area contributed by atoms with Crippen LogP contribution in [0.5, 0.6) is 5.75 Å². The third kappa shape index (κ3) is 5.54. The van der Waals surface area contributed by atoms with Crippen LogP contribution in [0, 0.1) is 6.92 Å². The number of hydrogen-bond acceptors (Lipinski definition) is 7. The largest absolute Gasteiger partial charge is 0.493 e. The number of fused-ring (bicyclic) bond motifs is 1. The Morgan fingerprint density at radius 2 is 1.76 bits per heavy atom. The highest BCUT2D eigenvalue weighted by molar-refractivity contribution is 6.09. The number of aromatic nitrogens is 3. The van der Waals surface area contributed by atoms with Crippen LogP contribution in [-0.4, -0.2) is 40.8 Å². The smallest absolute Gasteiger partial charge is 0.255 e. The SMILES string of the molecule is CCOc1ccc2ccccc2c1C(=O)NCCNc1ccc(Nc2cc(C)ccn2)nn1. The average molecular weight is 443 g/mol. The molecule has 2 aromatic heterocycles. The predicted molar refractivity (Wildman–Crippen MR) is 130 cm³/mol. The number of hydrogen-bond donors (Lipinski definition) is 3. The number of ether oxygens (including phenoxy) is 1. The van der Waals surface area contributed by atoms with Gasteiger partial charge in [-0.25, -0.2) is 4.98 Å². The summed E-state index contributed by atoms with van der Waals surface area (Å²) >= 11 is 0. The molecule has 0 fully saturated rings. The lowest BCUT2D eigenvalue weighted by molar-refractivity contribution is 0.0953. The molecule has 0 saturated heterocycles. The van der Waals surface area contributed by atoms with Gasteiger partial charge in [-0.05, 0) is 60.5 Å². The van der Waals surface area contributed by atoms with Crippen molar-refractivity contribution in [1.82, 2.24) is 20.5 Å². The lowest BCUT2D eigenvalue weighted by Crippen LogP contribution is -2.29. The van der Waals surface area contributed by atoms with Gasteiger partial charge in [0.1, 0.15) is 17.4 Å². The van der Waals surface area contributed by atoms with E-state index < -0.39 is 0 Å². The van der Waals surface area contributed by atoms with Gasteiger partial charge in [-0.15, -0.1) is 10.2 Å². The zero-order valence-corrected chi connectivity index (χ0v) is 18.6. The van der Waals surface area contributed by atoms with E-state index in [-0.39, 0.29) is 5.91 Å². The van der Waals surface area contributed by atoms with Gasteiger partial charge in [0.05, 0.1) is 12.2 Å². The number of benzene rings is 2. The number of nitrogens with one attached hydrogen (secondary N) is 3. The number of rotatable bonds is 9. The van der Waals surface area contributed by atoms with Crippen molar-refractivity contribution in [3.05, 3.63) is 78.0 Å². The van der Waals surface area contributed by atoms with E-state index in [1.54, 1.807) is 6.20 Å². The van der Waals surface area contributed by atoms with Crippen molar-refractivity contribution >= 4 is 34.1 Å². The molecule has 3 N–H and O–H groups in total. The number of pyridine rings is 1. The summed E-state index contributed by atoms with van der Waals surface area (Å²) in [7, 11) is 0. The molecule has 8 nitrogen and oxygen atoms in total. The standard InChI is InChI=1S/C25H26N6O2/c1-3-33-20-9-8-18-6-4-5-7-19(18)24(20)25(32)28-15-14-27-21-10-11-22(31-30-21)29-23-16-17(2)12-13-26-23/h4-13,16H,3,14-15H2,1-2H3,(H,27,30)(H,28,32)(H,26,29,31). The first-order valence-corrected chi connectivity index (χ1v) is 10.8. The van der Waals surface area contributed by atoms with Crippen molar-refractivity contribution in [3.63, 3.8) is 0 Å². The number of nitrogens with zero attached hydrogens (tertiary/aromatic N) is 3. The Labute approximate surface area is 192 Å². The van der Waals surface area contributed by atoms with E-state index in [0.29, 0.717) is 48.5 Å². The third-order valence-corrected chi connectivity index (χ3v) is 4.97. The first kappa shape index (κ1) is 22.0. The molecule has 0 atom stereocenters. The van der Waals surface area contributed by atoms with Crippen molar-refractivity contribution < 1.29 is 9.53 Å². The van der Waals surface area contributed by atoms with Crippen LogP contribution in [0.15, 0.2) is 66.9 Å². The van der Waals surface area contributed by atoms with Gasteiger partial charge in [0.25, 0.3) is 5.91 Å². The Kier molecular flexibility index (Phi) is 6.94. The topological polar surface area (TPSA) is 101 Å². The van der Waals surface area contributed by atoms with Crippen LogP contribution < -0.4 is 20.7 Å². The van der Waals surface area contributed by atoms with Gasteiger partial charge in [-0.1, -0.05) is 30.3 Å². The molecule has 1 amide bonds. The van der Waals surface area contributed by atoms with Crippen molar-refractivity contribution in [3.8, 4) is 5.75 Å². The summed E-state index contributed by atoms with van der Waals surface area (Å²) in [6.07, 6.45) is 1.74. The summed E-state index contributed by atoms with van der Waals surface area (Å²) in [6.45, 7) is 5.32. The van der Waals surface area contributed by atoms with Crippen molar-refractivity contribution in [2.45, 2.75) is 13.8 Å². The number of aryl methyl sites for hydroxylation is 1. The van der Waals surface area contributed by atoms with E-state index in [1.807, 2.05) is 74.5 Å². The van der Waals surface area contributed by atoms with E-state index >= 15 is 0 Å². The highest BCUT2D eigenvalue weighted by Crippen LogP contribution is 2.28. The third-order valence-electron chi connectivity index (χ3n) is 4.97. The number of amides is 1. The normalized spacial score (nSPS) is 10.6. The highest BCUT2D eigenvalue weighted by atomic mass is 16.5. The molecule has 0 spiro atoms. The molecule has 0 bridgehead atoms. The van der Waals surface area contributed by atoms with Crippen LogP contribution >= 0.6 is 0 Å². The summed E-state index contributed by atoms with van der Waals surface area (Å²) in [5, 5.41) is 19.4. The Balaban J connectivity index is 1.33. The maximum absolute atomic E-state index is 12.9. The van der Waals surface area contributed by atoms with Crippen LogP contribution in [0.2, 0.25) is 0 Å². The fourth-order valence-corrected chi connectivity index (χ4v) is 3.45. The van der Waals surface area contributed by atoms with Gasteiger partial charge in [0.2, 0.25) is 0 Å². The molecule has 0 radical (unpaired) electrons. The van der Waals surface area contributed by atoms with E-state index in [1.165, 1.54) is 0 Å². The second kappa shape index (κ2) is 10.4. The Morgan fingerprint density at radius 1 is 0.939 bits per heavy atom. The quantitative estimate of drug-likeness (QED) is 0.332. The van der Waals surface area contributed by atoms with Gasteiger partial charge in [0, 0.05) is 19.3 Å². The Hall–Kier alpha value is -4.20. The van der Waals surface area contributed by atoms with Crippen LogP contribution in [0.25, 0.3) is 10.8 Å². The fraction of sp³-hybridized carbons (Fsp3) is 0.200. The highest BCUT2D eigenvalue weighted by Gasteiger charge is 2.16. The first-order valence-electron chi connectivity index (χ1n) is 10.8. The van der Waals surface area contributed by atoms with Gasteiger partial charge >= 0.3 is 0 Å². The number of carbonyl (C=O) groups is 1. The average Bonchev–Trinajstić information content (AvgIpc) is 2.83. The summed E-state index contributed by atoms with van der Waals surface area (Å²) < 4.78 is 5.70. The van der Waals surface area contributed by atoms with E-state index in [9.17, 15) is 4.79 Å². The minimum absolute atomic E-state index is 0.173. The molecule has 0 aliphatic heterocycles. The molecular formula is C25H26N6O2. The second-order valence-electron chi connectivity index (χ2n) is 7.42. The zero-order valence-electron chi connectivity index (χ0n) is 18.6. The van der Waals surface area contributed by atoms with Gasteiger partial charge < -0.3 is 20.7 Å². The molecule has 4 aromatic rings. The molecule has 33 heavy (non-hydrogen) atoms. The molecular weight excluding hydrogens is 416 g/mol. The summed E-state index contributed by atoms with van der Waals surface area (Å²) in [5.74, 6) is 2.35. The van der Waals surface area contributed by atoms with Crippen LogP contribution in [0.1, 0.15) is 22.8 Å². The van der Waals surface area contributed by atoms with E-state index in [4.69, 9.17) is 4.74 Å². The molecule has 0 saturated carbocycles.